The second-order valence-corrected chi connectivity index (χ2v) is 4.51. The van der Waals surface area contributed by atoms with Gasteiger partial charge in [0.15, 0.2) is 0 Å². The van der Waals surface area contributed by atoms with E-state index in [0.29, 0.717) is 0 Å². The first-order chi connectivity index (χ1) is 7.22. The molecule has 0 aromatic heterocycles. The topological polar surface area (TPSA) is 9.23 Å². The fraction of sp³-hybridized carbons (Fsp3) is 0.538. The molecule has 0 N–H and O–H groups in total. The molecule has 0 aliphatic heterocycles. The van der Waals surface area contributed by atoms with E-state index in [1.165, 1.54) is 12.8 Å². The number of benzene rings is 1. The van der Waals surface area contributed by atoms with Gasteiger partial charge in [-0.15, -0.1) is 12.6 Å². The van der Waals surface area contributed by atoms with E-state index in [2.05, 4.69) is 26.5 Å². The van der Waals surface area contributed by atoms with Crippen LogP contribution in [-0.4, -0.2) is 6.61 Å². The van der Waals surface area contributed by atoms with Crippen molar-refractivity contribution in [1.29, 1.82) is 0 Å². The lowest BCUT2D eigenvalue weighted by atomic mass is 10.0. The molecule has 1 rings (SSSR count). The molecule has 0 spiro atoms. The molecule has 2 heteroatoms. The van der Waals surface area contributed by atoms with Crippen molar-refractivity contribution in [2.24, 2.45) is 5.92 Å². The zero-order chi connectivity index (χ0) is 11.1. The van der Waals surface area contributed by atoms with Gasteiger partial charge in [0.25, 0.3) is 0 Å². The summed E-state index contributed by atoms with van der Waals surface area (Å²) in [6.45, 7) is 5.34. The zero-order valence-electron chi connectivity index (χ0n) is 9.57. The van der Waals surface area contributed by atoms with Crippen molar-refractivity contribution in [1.82, 2.24) is 0 Å². The molecule has 1 aromatic rings. The summed E-state index contributed by atoms with van der Waals surface area (Å²) in [4.78, 5) is 0.974. The summed E-state index contributed by atoms with van der Waals surface area (Å²) in [7, 11) is 0. The van der Waals surface area contributed by atoms with E-state index in [1.54, 1.807) is 0 Å². The molecule has 0 aliphatic rings. The highest BCUT2D eigenvalue weighted by Crippen LogP contribution is 2.15. The van der Waals surface area contributed by atoms with Crippen molar-refractivity contribution < 1.29 is 4.74 Å². The third kappa shape index (κ3) is 5.12. The Morgan fingerprint density at radius 2 is 1.93 bits per heavy atom. The summed E-state index contributed by atoms with van der Waals surface area (Å²) in [6.07, 6.45) is 3.65. The molecule has 0 bridgehead atoms. The number of thiol groups is 1. The predicted octanol–water partition coefficient (Wildman–Crippen LogP) is 4.18. The van der Waals surface area contributed by atoms with Crippen LogP contribution >= 0.6 is 12.6 Å². The van der Waals surface area contributed by atoms with Gasteiger partial charge in [-0.05, 0) is 43.0 Å². The molecule has 84 valence electrons. The minimum atomic E-state index is 0.813. The first kappa shape index (κ1) is 12.4. The maximum Gasteiger partial charge on any atom is 0.119 e. The minimum Gasteiger partial charge on any atom is -0.494 e. The number of ether oxygens (including phenoxy) is 1. The summed E-state index contributed by atoms with van der Waals surface area (Å²) in [6, 6.07) is 7.83. The van der Waals surface area contributed by atoms with Crippen LogP contribution in [0.2, 0.25) is 0 Å². The Balaban J connectivity index is 2.17. The number of rotatable bonds is 6. The maximum absolute atomic E-state index is 5.62. The van der Waals surface area contributed by atoms with Crippen molar-refractivity contribution in [3.63, 3.8) is 0 Å². The van der Waals surface area contributed by atoms with Gasteiger partial charge in [-0.2, -0.15) is 0 Å². The predicted molar refractivity (Wildman–Crippen MR) is 67.9 cm³/mol. The van der Waals surface area contributed by atoms with Crippen molar-refractivity contribution in [3.8, 4) is 5.75 Å². The first-order valence-corrected chi connectivity index (χ1v) is 6.09. The normalized spacial score (nSPS) is 12.5. The highest BCUT2D eigenvalue weighted by molar-refractivity contribution is 7.80. The second kappa shape index (κ2) is 6.78. The summed E-state index contributed by atoms with van der Waals surface area (Å²) in [5.41, 5.74) is 0. The third-order valence-electron chi connectivity index (χ3n) is 2.64. The van der Waals surface area contributed by atoms with E-state index in [-0.39, 0.29) is 0 Å². The lowest BCUT2D eigenvalue weighted by Gasteiger charge is -2.09. The van der Waals surface area contributed by atoms with Gasteiger partial charge in [0.05, 0.1) is 6.61 Å². The summed E-state index contributed by atoms with van der Waals surface area (Å²) >= 11 is 4.23. The Hall–Kier alpha value is -0.630. The van der Waals surface area contributed by atoms with Crippen LogP contribution in [0.25, 0.3) is 0 Å². The zero-order valence-corrected chi connectivity index (χ0v) is 10.5. The molecule has 0 saturated carbocycles. The van der Waals surface area contributed by atoms with Gasteiger partial charge < -0.3 is 4.74 Å². The molecule has 0 aliphatic carbocycles. The number of hydrogen-bond acceptors (Lipinski definition) is 2. The molecular weight excluding hydrogens is 204 g/mol. The molecule has 0 amide bonds. The molecule has 1 atom stereocenters. The quantitative estimate of drug-likeness (QED) is 0.563. The van der Waals surface area contributed by atoms with Crippen molar-refractivity contribution >= 4 is 12.6 Å². The fourth-order valence-corrected chi connectivity index (χ4v) is 1.52. The Bertz CT molecular complexity index is 268. The lowest BCUT2D eigenvalue weighted by Crippen LogP contribution is -2.00. The van der Waals surface area contributed by atoms with Crippen LogP contribution in [0.1, 0.15) is 33.1 Å². The molecule has 0 radical (unpaired) electrons. The van der Waals surface area contributed by atoms with E-state index in [0.717, 1.165) is 29.6 Å². The van der Waals surface area contributed by atoms with Crippen LogP contribution in [0.5, 0.6) is 5.75 Å². The first-order valence-electron chi connectivity index (χ1n) is 5.64. The average molecular weight is 224 g/mol. The highest BCUT2D eigenvalue weighted by Gasteiger charge is 1.98. The van der Waals surface area contributed by atoms with Gasteiger partial charge in [0, 0.05) is 4.90 Å². The number of hydrogen-bond donors (Lipinski definition) is 1. The minimum absolute atomic E-state index is 0.813. The molecule has 0 saturated heterocycles. The second-order valence-electron chi connectivity index (χ2n) is 4.00. The molecular formula is C13H20OS. The monoisotopic (exact) mass is 224 g/mol. The lowest BCUT2D eigenvalue weighted by molar-refractivity contribution is 0.294. The van der Waals surface area contributed by atoms with E-state index < -0.39 is 0 Å². The van der Waals surface area contributed by atoms with E-state index in [4.69, 9.17) is 4.74 Å². The van der Waals surface area contributed by atoms with Crippen molar-refractivity contribution in [2.75, 3.05) is 6.61 Å². The van der Waals surface area contributed by atoms with Crippen LogP contribution in [-0.2, 0) is 0 Å². The van der Waals surface area contributed by atoms with Crippen LogP contribution in [0.15, 0.2) is 29.2 Å². The molecule has 0 heterocycles. The van der Waals surface area contributed by atoms with Gasteiger partial charge >= 0.3 is 0 Å². The Kier molecular flexibility index (Phi) is 5.62. The van der Waals surface area contributed by atoms with Crippen molar-refractivity contribution in [3.05, 3.63) is 24.3 Å². The summed E-state index contributed by atoms with van der Waals surface area (Å²) in [5, 5.41) is 0. The van der Waals surface area contributed by atoms with Crippen LogP contribution in [0.3, 0.4) is 0 Å². The van der Waals surface area contributed by atoms with Gasteiger partial charge in [-0.25, -0.2) is 0 Å². The average Bonchev–Trinajstić information content (AvgIpc) is 2.26. The molecule has 15 heavy (non-hydrogen) atoms. The Morgan fingerprint density at radius 3 is 2.53 bits per heavy atom. The smallest absolute Gasteiger partial charge is 0.119 e. The van der Waals surface area contributed by atoms with Crippen LogP contribution in [0.4, 0.5) is 0 Å². The fourth-order valence-electron chi connectivity index (χ4n) is 1.37. The third-order valence-corrected chi connectivity index (χ3v) is 2.94. The van der Waals surface area contributed by atoms with E-state index >= 15 is 0 Å². The Morgan fingerprint density at radius 1 is 1.27 bits per heavy atom. The highest BCUT2D eigenvalue weighted by atomic mass is 32.1. The van der Waals surface area contributed by atoms with Gasteiger partial charge in [-0.1, -0.05) is 20.3 Å². The summed E-state index contributed by atoms with van der Waals surface area (Å²) in [5.74, 6) is 1.75. The molecule has 0 fully saturated rings. The van der Waals surface area contributed by atoms with Gasteiger partial charge in [-0.3, -0.25) is 0 Å². The molecule has 1 aromatic carbocycles. The SMILES string of the molecule is CCC(C)CCCOc1ccc(S)cc1. The maximum atomic E-state index is 5.62. The van der Waals surface area contributed by atoms with Crippen LogP contribution in [0, 0.1) is 5.92 Å². The van der Waals surface area contributed by atoms with Gasteiger partial charge in [0.2, 0.25) is 0 Å². The van der Waals surface area contributed by atoms with Crippen molar-refractivity contribution in [2.45, 2.75) is 38.0 Å². The van der Waals surface area contributed by atoms with Crippen LogP contribution < -0.4 is 4.74 Å². The molecule has 1 unspecified atom stereocenters. The molecule has 1 nitrogen and oxygen atoms in total. The standard InChI is InChI=1S/C13H20OS/c1-3-11(2)5-4-10-14-12-6-8-13(15)9-7-12/h6-9,11,15H,3-5,10H2,1-2H3. The van der Waals surface area contributed by atoms with E-state index in [9.17, 15) is 0 Å². The summed E-state index contributed by atoms with van der Waals surface area (Å²) < 4.78 is 5.62. The van der Waals surface area contributed by atoms with E-state index in [1.807, 2.05) is 24.3 Å². The van der Waals surface area contributed by atoms with Gasteiger partial charge in [0.1, 0.15) is 5.75 Å². The largest absolute Gasteiger partial charge is 0.494 e. The Labute approximate surface area is 98.3 Å².